The van der Waals surface area contributed by atoms with E-state index in [-0.39, 0.29) is 18.0 Å². The molecule has 6 nitrogen and oxygen atoms in total. The molecule has 0 aliphatic carbocycles. The number of fused-ring (bicyclic) bond motifs is 3. The maximum atomic E-state index is 14.3. The van der Waals surface area contributed by atoms with E-state index in [1.54, 1.807) is 14.2 Å². The number of benzene rings is 3. The molecule has 190 valence electrons. The molecule has 0 saturated heterocycles. The van der Waals surface area contributed by atoms with Crippen molar-refractivity contribution in [1.29, 1.82) is 0 Å². The number of amides is 1. The zero-order valence-corrected chi connectivity index (χ0v) is 21.7. The molecule has 6 heteroatoms. The van der Waals surface area contributed by atoms with Crippen LogP contribution in [0.5, 0.6) is 11.5 Å². The summed E-state index contributed by atoms with van der Waals surface area (Å²) in [6, 6.07) is 21.0. The summed E-state index contributed by atoms with van der Waals surface area (Å²) in [4.78, 5) is 22.0. The normalized spacial score (nSPS) is 19.4. The Morgan fingerprint density at radius 1 is 0.973 bits per heavy atom. The number of methoxy groups -OCH3 is 2. The van der Waals surface area contributed by atoms with Crippen molar-refractivity contribution in [3.63, 3.8) is 0 Å². The van der Waals surface area contributed by atoms with Crippen molar-refractivity contribution in [2.45, 2.75) is 44.9 Å². The lowest BCUT2D eigenvalue weighted by atomic mass is 9.89. The molecule has 0 spiro atoms. The summed E-state index contributed by atoms with van der Waals surface area (Å²) in [5.74, 6) is 1.64. The lowest BCUT2D eigenvalue weighted by Crippen LogP contribution is -2.53. The van der Waals surface area contributed by atoms with Crippen LogP contribution in [0.25, 0.3) is 10.9 Å². The predicted molar refractivity (Wildman–Crippen MR) is 145 cm³/mol. The van der Waals surface area contributed by atoms with E-state index in [9.17, 15) is 4.79 Å². The van der Waals surface area contributed by atoms with Crippen LogP contribution in [0.4, 0.5) is 0 Å². The Labute approximate surface area is 217 Å². The van der Waals surface area contributed by atoms with E-state index in [2.05, 4.69) is 76.3 Å². The molecular weight excluding hydrogens is 462 g/mol. The van der Waals surface area contributed by atoms with Gasteiger partial charge < -0.3 is 19.4 Å². The van der Waals surface area contributed by atoms with Gasteiger partial charge in [0.1, 0.15) is 0 Å². The smallest absolute Gasteiger partial charge is 0.240 e. The number of H-pyrrole nitrogens is 1. The van der Waals surface area contributed by atoms with Crippen molar-refractivity contribution in [2.24, 2.45) is 0 Å². The molecule has 4 aromatic rings. The Balaban J connectivity index is 1.31. The van der Waals surface area contributed by atoms with Crippen molar-refractivity contribution < 1.29 is 14.3 Å². The van der Waals surface area contributed by atoms with Gasteiger partial charge >= 0.3 is 0 Å². The first-order valence-electron chi connectivity index (χ1n) is 13.0. The number of rotatable bonds is 5. The molecule has 3 heterocycles. The average molecular weight is 496 g/mol. The van der Waals surface area contributed by atoms with Crippen molar-refractivity contribution >= 4 is 16.8 Å². The molecule has 1 aromatic heterocycles. The summed E-state index contributed by atoms with van der Waals surface area (Å²) >= 11 is 0. The fraction of sp³-hybridized carbons (Fsp3) is 0.323. The second-order valence-corrected chi connectivity index (χ2v) is 10.2. The zero-order valence-electron chi connectivity index (χ0n) is 21.7. The van der Waals surface area contributed by atoms with Crippen LogP contribution in [0.15, 0.2) is 66.9 Å². The highest BCUT2D eigenvalue weighted by atomic mass is 16.5. The van der Waals surface area contributed by atoms with Gasteiger partial charge in [-0.15, -0.1) is 0 Å². The van der Waals surface area contributed by atoms with Crippen molar-refractivity contribution in [1.82, 2.24) is 14.8 Å². The Hall–Kier alpha value is -3.77. The van der Waals surface area contributed by atoms with Gasteiger partial charge in [0, 0.05) is 31.3 Å². The number of hydrogen-bond acceptors (Lipinski definition) is 4. The molecule has 1 amide bonds. The summed E-state index contributed by atoms with van der Waals surface area (Å²) in [5.41, 5.74) is 7.27. The highest BCUT2D eigenvalue weighted by molar-refractivity contribution is 5.84. The van der Waals surface area contributed by atoms with E-state index in [0.29, 0.717) is 12.3 Å². The van der Waals surface area contributed by atoms with E-state index < -0.39 is 0 Å². The maximum Gasteiger partial charge on any atom is 0.240 e. The SMILES string of the molecule is COc1cc2c(cc1OC)[C@@H](C)N(C(=O)[C@@H]1Cc3ccccc3CN1Cc1ccc3cc[nH]c3c1)CC2. The van der Waals surface area contributed by atoms with Crippen LogP contribution in [-0.4, -0.2) is 47.5 Å². The molecule has 0 saturated carbocycles. The molecular formula is C31H33N3O3. The summed E-state index contributed by atoms with van der Waals surface area (Å²) < 4.78 is 11.1. The van der Waals surface area contributed by atoms with Crippen molar-refractivity contribution in [3.05, 3.63) is 94.7 Å². The first-order chi connectivity index (χ1) is 18.1. The first-order valence-corrected chi connectivity index (χ1v) is 13.0. The van der Waals surface area contributed by atoms with Gasteiger partial charge in [0.25, 0.3) is 0 Å². The van der Waals surface area contributed by atoms with Crippen molar-refractivity contribution in [3.8, 4) is 11.5 Å². The first kappa shape index (κ1) is 23.6. The van der Waals surface area contributed by atoms with Crippen LogP contribution in [0, 0.1) is 0 Å². The quantitative estimate of drug-likeness (QED) is 0.411. The molecule has 2 aliphatic heterocycles. The Morgan fingerprint density at radius 2 is 1.76 bits per heavy atom. The van der Waals surface area contributed by atoms with E-state index in [0.717, 1.165) is 42.8 Å². The van der Waals surface area contributed by atoms with E-state index >= 15 is 0 Å². The molecule has 0 fully saturated rings. The molecule has 3 aromatic carbocycles. The monoisotopic (exact) mass is 495 g/mol. The summed E-state index contributed by atoms with van der Waals surface area (Å²) in [6.45, 7) is 4.31. The fourth-order valence-corrected chi connectivity index (χ4v) is 6.05. The standard InChI is InChI=1S/C31H33N3O3/c1-20-26-17-30(37-3)29(36-2)16-24(26)11-13-34(20)31(35)28-15-23-6-4-5-7-25(23)19-33(28)18-21-8-9-22-10-12-32-27(22)14-21/h4-10,12,14,16-17,20,28,32H,11,13,15,18-19H2,1-3H3/t20-,28+/m1/s1. The minimum atomic E-state index is -0.210. The van der Waals surface area contributed by atoms with Crippen LogP contribution in [0.1, 0.15) is 40.8 Å². The topological polar surface area (TPSA) is 57.8 Å². The minimum Gasteiger partial charge on any atom is -0.493 e. The maximum absolute atomic E-state index is 14.3. The van der Waals surface area contributed by atoms with Crippen LogP contribution in [-0.2, 0) is 30.7 Å². The fourth-order valence-electron chi connectivity index (χ4n) is 6.05. The van der Waals surface area contributed by atoms with E-state index in [1.165, 1.54) is 27.6 Å². The molecule has 2 atom stereocenters. The van der Waals surface area contributed by atoms with Gasteiger partial charge in [-0.1, -0.05) is 36.4 Å². The number of carbonyl (C=O) groups is 1. The largest absolute Gasteiger partial charge is 0.493 e. The van der Waals surface area contributed by atoms with Crippen LogP contribution >= 0.6 is 0 Å². The van der Waals surface area contributed by atoms with Gasteiger partial charge in [-0.05, 0) is 77.2 Å². The number of aromatic amines is 1. The van der Waals surface area contributed by atoms with Gasteiger partial charge in [0.05, 0.1) is 26.3 Å². The van der Waals surface area contributed by atoms with Gasteiger partial charge in [-0.25, -0.2) is 0 Å². The molecule has 0 radical (unpaired) electrons. The zero-order chi connectivity index (χ0) is 25.5. The van der Waals surface area contributed by atoms with Crippen LogP contribution < -0.4 is 9.47 Å². The number of nitrogens with zero attached hydrogens (tertiary/aromatic N) is 2. The number of nitrogens with one attached hydrogen (secondary N) is 1. The molecule has 0 unspecified atom stereocenters. The lowest BCUT2D eigenvalue weighted by Gasteiger charge is -2.42. The van der Waals surface area contributed by atoms with Crippen molar-refractivity contribution in [2.75, 3.05) is 20.8 Å². The number of ether oxygens (including phenoxy) is 2. The third-order valence-electron chi connectivity index (χ3n) is 8.10. The lowest BCUT2D eigenvalue weighted by molar-refractivity contribution is -0.140. The number of hydrogen-bond donors (Lipinski definition) is 1. The molecule has 0 bridgehead atoms. The highest BCUT2D eigenvalue weighted by Gasteiger charge is 2.38. The van der Waals surface area contributed by atoms with E-state index in [1.807, 2.05) is 12.3 Å². The predicted octanol–water partition coefficient (Wildman–Crippen LogP) is 5.26. The second-order valence-electron chi connectivity index (χ2n) is 10.2. The Morgan fingerprint density at radius 3 is 2.57 bits per heavy atom. The van der Waals surface area contributed by atoms with Gasteiger partial charge in [0.2, 0.25) is 5.91 Å². The van der Waals surface area contributed by atoms with Crippen LogP contribution in [0.2, 0.25) is 0 Å². The van der Waals surface area contributed by atoms with Crippen LogP contribution in [0.3, 0.4) is 0 Å². The summed E-state index contributed by atoms with van der Waals surface area (Å²) in [5, 5.41) is 1.20. The molecule has 1 N–H and O–H groups in total. The van der Waals surface area contributed by atoms with Gasteiger partial charge in [-0.3, -0.25) is 9.69 Å². The third-order valence-corrected chi connectivity index (χ3v) is 8.10. The average Bonchev–Trinajstić information content (AvgIpc) is 3.40. The summed E-state index contributed by atoms with van der Waals surface area (Å²) in [6.07, 6.45) is 3.50. The third kappa shape index (κ3) is 4.25. The van der Waals surface area contributed by atoms with Gasteiger partial charge in [-0.2, -0.15) is 0 Å². The van der Waals surface area contributed by atoms with Gasteiger partial charge in [0.15, 0.2) is 11.5 Å². The Bertz CT molecular complexity index is 1460. The molecule has 2 aliphatic rings. The Kier molecular flexibility index (Phi) is 6.13. The molecule has 37 heavy (non-hydrogen) atoms. The molecule has 6 rings (SSSR count). The highest BCUT2D eigenvalue weighted by Crippen LogP contribution is 2.39. The number of carbonyl (C=O) groups excluding carboxylic acids is 1. The van der Waals surface area contributed by atoms with E-state index in [4.69, 9.17) is 9.47 Å². The minimum absolute atomic E-state index is 0.0367. The summed E-state index contributed by atoms with van der Waals surface area (Å²) in [7, 11) is 3.32. The second kappa shape index (κ2) is 9.60. The number of aromatic nitrogens is 1.